The standard InChI is InChI=1S/C21H22N2O4/c1-5-27-18-8-6-17(7-9-18)23-21(24)16(13-22)11-15-12-20(26-4)19(25-3)10-14(15)2/h6-12H,5H2,1-4H3,(H,23,24). The van der Waals surface area contributed by atoms with Crippen LogP contribution in [0.1, 0.15) is 18.1 Å². The summed E-state index contributed by atoms with van der Waals surface area (Å²) in [5.74, 6) is 1.34. The zero-order valence-corrected chi connectivity index (χ0v) is 15.8. The number of nitriles is 1. The molecule has 6 nitrogen and oxygen atoms in total. The second-order valence-corrected chi connectivity index (χ2v) is 5.65. The number of methoxy groups -OCH3 is 2. The smallest absolute Gasteiger partial charge is 0.266 e. The molecule has 0 atom stereocenters. The van der Waals surface area contributed by atoms with E-state index in [1.165, 1.54) is 13.2 Å². The number of rotatable bonds is 7. The van der Waals surface area contributed by atoms with Crippen molar-refractivity contribution in [2.45, 2.75) is 13.8 Å². The number of amides is 1. The van der Waals surface area contributed by atoms with Crippen molar-refractivity contribution in [3.8, 4) is 23.3 Å². The van der Waals surface area contributed by atoms with E-state index in [0.29, 0.717) is 35.1 Å². The fraction of sp³-hybridized carbons (Fsp3) is 0.238. The van der Waals surface area contributed by atoms with Crippen LogP contribution in [0.25, 0.3) is 6.08 Å². The molecule has 0 saturated heterocycles. The molecule has 0 fully saturated rings. The minimum Gasteiger partial charge on any atom is -0.494 e. The molecule has 0 unspecified atom stereocenters. The highest BCUT2D eigenvalue weighted by Crippen LogP contribution is 2.31. The number of nitrogens with zero attached hydrogens (tertiary/aromatic N) is 1. The van der Waals surface area contributed by atoms with Gasteiger partial charge in [0.05, 0.1) is 20.8 Å². The summed E-state index contributed by atoms with van der Waals surface area (Å²) < 4.78 is 15.9. The maximum atomic E-state index is 12.5. The number of hydrogen-bond acceptors (Lipinski definition) is 5. The Balaban J connectivity index is 2.25. The summed E-state index contributed by atoms with van der Waals surface area (Å²) in [5, 5.41) is 12.1. The lowest BCUT2D eigenvalue weighted by Gasteiger charge is -2.11. The Labute approximate surface area is 159 Å². The third-order valence-corrected chi connectivity index (χ3v) is 3.86. The second kappa shape index (κ2) is 9.30. The van der Waals surface area contributed by atoms with Gasteiger partial charge in [-0.15, -0.1) is 0 Å². The van der Waals surface area contributed by atoms with Crippen LogP contribution in [-0.4, -0.2) is 26.7 Å². The first-order valence-corrected chi connectivity index (χ1v) is 8.41. The highest BCUT2D eigenvalue weighted by Gasteiger charge is 2.13. The first-order valence-electron chi connectivity index (χ1n) is 8.41. The Bertz CT molecular complexity index is 880. The molecule has 0 spiro atoms. The molecule has 2 aromatic carbocycles. The van der Waals surface area contributed by atoms with Crippen LogP contribution in [0.15, 0.2) is 42.0 Å². The maximum absolute atomic E-state index is 12.5. The van der Waals surface area contributed by atoms with Crippen LogP contribution in [0.3, 0.4) is 0 Å². The molecule has 0 aliphatic heterocycles. The van der Waals surface area contributed by atoms with Gasteiger partial charge in [-0.3, -0.25) is 4.79 Å². The Kier molecular flexibility index (Phi) is 6.84. The van der Waals surface area contributed by atoms with E-state index in [4.69, 9.17) is 14.2 Å². The zero-order chi connectivity index (χ0) is 19.8. The monoisotopic (exact) mass is 366 g/mol. The molecule has 1 amide bonds. The van der Waals surface area contributed by atoms with E-state index in [9.17, 15) is 10.1 Å². The van der Waals surface area contributed by atoms with Gasteiger partial charge in [0, 0.05) is 5.69 Å². The minimum absolute atomic E-state index is 0.0146. The van der Waals surface area contributed by atoms with E-state index in [0.717, 1.165) is 5.56 Å². The average molecular weight is 366 g/mol. The van der Waals surface area contributed by atoms with Crippen molar-refractivity contribution in [1.29, 1.82) is 5.26 Å². The minimum atomic E-state index is -0.490. The fourth-order valence-corrected chi connectivity index (χ4v) is 2.46. The van der Waals surface area contributed by atoms with Crippen LogP contribution in [0.5, 0.6) is 17.2 Å². The molecular weight excluding hydrogens is 344 g/mol. The molecule has 0 aliphatic carbocycles. The Morgan fingerprint density at radius 3 is 2.33 bits per heavy atom. The number of hydrogen-bond donors (Lipinski definition) is 1. The highest BCUT2D eigenvalue weighted by molar-refractivity contribution is 6.09. The van der Waals surface area contributed by atoms with Crippen molar-refractivity contribution in [3.05, 3.63) is 53.1 Å². The number of carbonyl (C=O) groups excluding carboxylic acids is 1. The third kappa shape index (κ3) is 5.02. The Morgan fingerprint density at radius 2 is 1.78 bits per heavy atom. The topological polar surface area (TPSA) is 80.6 Å². The zero-order valence-electron chi connectivity index (χ0n) is 15.8. The largest absolute Gasteiger partial charge is 0.494 e. The van der Waals surface area contributed by atoms with Gasteiger partial charge in [0.15, 0.2) is 11.5 Å². The van der Waals surface area contributed by atoms with Crippen molar-refractivity contribution in [1.82, 2.24) is 0 Å². The lowest BCUT2D eigenvalue weighted by molar-refractivity contribution is -0.112. The van der Waals surface area contributed by atoms with E-state index in [1.807, 2.05) is 19.9 Å². The molecule has 1 N–H and O–H groups in total. The van der Waals surface area contributed by atoms with Gasteiger partial charge >= 0.3 is 0 Å². The van der Waals surface area contributed by atoms with Crippen molar-refractivity contribution >= 4 is 17.7 Å². The first-order chi connectivity index (χ1) is 13.0. The van der Waals surface area contributed by atoms with E-state index < -0.39 is 5.91 Å². The number of anilines is 1. The summed E-state index contributed by atoms with van der Waals surface area (Å²) in [4.78, 5) is 12.5. The van der Waals surface area contributed by atoms with E-state index in [1.54, 1.807) is 43.5 Å². The number of benzene rings is 2. The quantitative estimate of drug-likeness (QED) is 0.593. The molecule has 2 aromatic rings. The van der Waals surface area contributed by atoms with Gasteiger partial charge in [-0.1, -0.05) is 0 Å². The molecule has 0 heterocycles. The Morgan fingerprint density at radius 1 is 1.15 bits per heavy atom. The van der Waals surface area contributed by atoms with Crippen molar-refractivity contribution in [2.75, 3.05) is 26.1 Å². The third-order valence-electron chi connectivity index (χ3n) is 3.86. The maximum Gasteiger partial charge on any atom is 0.266 e. The number of ether oxygens (including phenoxy) is 3. The van der Waals surface area contributed by atoms with E-state index in [-0.39, 0.29) is 5.57 Å². The summed E-state index contributed by atoms with van der Waals surface area (Å²) in [7, 11) is 3.09. The van der Waals surface area contributed by atoms with Crippen LogP contribution >= 0.6 is 0 Å². The number of nitrogens with one attached hydrogen (secondary N) is 1. The second-order valence-electron chi connectivity index (χ2n) is 5.65. The molecule has 6 heteroatoms. The van der Waals surface area contributed by atoms with E-state index in [2.05, 4.69) is 5.32 Å². The van der Waals surface area contributed by atoms with Gasteiger partial charge in [0.25, 0.3) is 5.91 Å². The van der Waals surface area contributed by atoms with Crippen LogP contribution in [-0.2, 0) is 4.79 Å². The Hall–Kier alpha value is -3.46. The van der Waals surface area contributed by atoms with Gasteiger partial charge in [0.2, 0.25) is 0 Å². The molecule has 2 rings (SSSR count). The van der Waals surface area contributed by atoms with Gasteiger partial charge in [-0.05, 0) is 67.4 Å². The average Bonchev–Trinajstić information content (AvgIpc) is 2.68. The summed E-state index contributed by atoms with van der Waals surface area (Å²) in [5.41, 5.74) is 2.12. The van der Waals surface area contributed by atoms with Crippen LogP contribution < -0.4 is 19.5 Å². The van der Waals surface area contributed by atoms with Gasteiger partial charge in [0.1, 0.15) is 17.4 Å². The molecular formula is C21H22N2O4. The van der Waals surface area contributed by atoms with Gasteiger partial charge in [-0.25, -0.2) is 0 Å². The normalized spacial score (nSPS) is 10.7. The molecule has 0 aliphatic rings. The lowest BCUT2D eigenvalue weighted by atomic mass is 10.0. The summed E-state index contributed by atoms with van der Waals surface area (Å²) in [6, 6.07) is 12.4. The van der Waals surface area contributed by atoms with E-state index >= 15 is 0 Å². The highest BCUT2D eigenvalue weighted by atomic mass is 16.5. The summed E-state index contributed by atoms with van der Waals surface area (Å²) in [6.07, 6.45) is 1.53. The molecule has 0 aromatic heterocycles. The molecule has 0 saturated carbocycles. The molecule has 0 radical (unpaired) electrons. The molecule has 27 heavy (non-hydrogen) atoms. The fourth-order valence-electron chi connectivity index (χ4n) is 2.46. The predicted molar refractivity (Wildman–Crippen MR) is 104 cm³/mol. The number of aryl methyl sites for hydroxylation is 1. The number of carbonyl (C=O) groups is 1. The van der Waals surface area contributed by atoms with Gasteiger partial charge < -0.3 is 19.5 Å². The lowest BCUT2D eigenvalue weighted by Crippen LogP contribution is -2.13. The van der Waals surface area contributed by atoms with Crippen molar-refractivity contribution in [3.63, 3.8) is 0 Å². The molecule has 140 valence electrons. The first kappa shape index (κ1) is 19.9. The van der Waals surface area contributed by atoms with Crippen molar-refractivity contribution < 1.29 is 19.0 Å². The SMILES string of the molecule is CCOc1ccc(NC(=O)C(C#N)=Cc2cc(OC)c(OC)cc2C)cc1. The van der Waals surface area contributed by atoms with Crippen LogP contribution in [0.2, 0.25) is 0 Å². The van der Waals surface area contributed by atoms with Gasteiger partial charge in [-0.2, -0.15) is 5.26 Å². The van der Waals surface area contributed by atoms with Crippen LogP contribution in [0, 0.1) is 18.3 Å². The molecule has 0 bridgehead atoms. The summed E-state index contributed by atoms with van der Waals surface area (Å²) in [6.45, 7) is 4.33. The predicted octanol–water partition coefficient (Wildman–Crippen LogP) is 3.96. The van der Waals surface area contributed by atoms with Crippen LogP contribution in [0.4, 0.5) is 5.69 Å². The van der Waals surface area contributed by atoms with Crippen molar-refractivity contribution in [2.24, 2.45) is 0 Å². The summed E-state index contributed by atoms with van der Waals surface area (Å²) >= 11 is 0.